The predicted molar refractivity (Wildman–Crippen MR) is 108 cm³/mol. The Balaban J connectivity index is 1.59. The number of hydrogen-bond acceptors (Lipinski definition) is 3. The van der Waals surface area contributed by atoms with E-state index in [-0.39, 0.29) is 5.97 Å². The van der Waals surface area contributed by atoms with Crippen molar-refractivity contribution in [3.05, 3.63) is 88.9 Å². The molecule has 0 saturated carbocycles. The number of rotatable bonds is 7. The quantitative estimate of drug-likeness (QED) is 0.494. The SMILES string of the molecule is COC(=O)CCc1ccc(OCc2cccc(-c3ccc(Cl)cc3)c2)cc1. The maximum Gasteiger partial charge on any atom is 0.305 e. The molecule has 0 aliphatic heterocycles. The van der Waals surface area contributed by atoms with Crippen LogP contribution in [0.1, 0.15) is 17.5 Å². The van der Waals surface area contributed by atoms with Crippen LogP contribution in [0.25, 0.3) is 11.1 Å². The highest BCUT2D eigenvalue weighted by Crippen LogP contribution is 2.23. The van der Waals surface area contributed by atoms with E-state index in [2.05, 4.69) is 16.9 Å². The van der Waals surface area contributed by atoms with Crippen LogP contribution < -0.4 is 4.74 Å². The molecular formula is C23H21ClO3. The Labute approximate surface area is 164 Å². The van der Waals surface area contributed by atoms with Crippen LogP contribution in [0.2, 0.25) is 5.02 Å². The minimum absolute atomic E-state index is 0.198. The minimum Gasteiger partial charge on any atom is -0.489 e. The fourth-order valence-corrected chi connectivity index (χ4v) is 2.88. The molecule has 0 aromatic heterocycles. The third kappa shape index (κ3) is 5.60. The predicted octanol–water partition coefficient (Wildman–Crippen LogP) is 5.69. The van der Waals surface area contributed by atoms with Crippen molar-refractivity contribution in [1.82, 2.24) is 0 Å². The molecule has 0 aliphatic carbocycles. The van der Waals surface area contributed by atoms with E-state index >= 15 is 0 Å². The van der Waals surface area contributed by atoms with Gasteiger partial charge in [0.05, 0.1) is 7.11 Å². The zero-order chi connectivity index (χ0) is 19.1. The summed E-state index contributed by atoms with van der Waals surface area (Å²) < 4.78 is 10.6. The second-order valence-electron chi connectivity index (χ2n) is 6.22. The van der Waals surface area contributed by atoms with Crippen LogP contribution in [0.3, 0.4) is 0 Å². The van der Waals surface area contributed by atoms with Crippen LogP contribution in [-0.2, 0) is 22.6 Å². The highest BCUT2D eigenvalue weighted by Gasteiger charge is 2.03. The molecule has 0 fully saturated rings. The molecule has 0 heterocycles. The molecule has 0 N–H and O–H groups in total. The maximum absolute atomic E-state index is 11.2. The summed E-state index contributed by atoms with van der Waals surface area (Å²) in [7, 11) is 1.40. The monoisotopic (exact) mass is 380 g/mol. The maximum atomic E-state index is 11.2. The van der Waals surface area contributed by atoms with Crippen LogP contribution in [0.5, 0.6) is 5.75 Å². The summed E-state index contributed by atoms with van der Waals surface area (Å²) in [4.78, 5) is 11.2. The fraction of sp³-hybridized carbons (Fsp3) is 0.174. The first-order valence-corrected chi connectivity index (χ1v) is 9.15. The third-order valence-electron chi connectivity index (χ3n) is 4.28. The smallest absolute Gasteiger partial charge is 0.305 e. The lowest BCUT2D eigenvalue weighted by Gasteiger charge is -2.09. The Bertz CT molecular complexity index is 886. The first-order valence-electron chi connectivity index (χ1n) is 8.77. The summed E-state index contributed by atoms with van der Waals surface area (Å²) >= 11 is 5.96. The molecule has 3 aromatic rings. The number of hydrogen-bond donors (Lipinski definition) is 0. The summed E-state index contributed by atoms with van der Waals surface area (Å²) in [5.41, 5.74) is 4.43. The van der Waals surface area contributed by atoms with Crippen molar-refractivity contribution in [3.8, 4) is 16.9 Å². The molecule has 4 heteroatoms. The van der Waals surface area contributed by atoms with Crippen LogP contribution in [0, 0.1) is 0 Å². The number of benzene rings is 3. The van der Waals surface area contributed by atoms with Crippen LogP contribution in [0.4, 0.5) is 0 Å². The normalized spacial score (nSPS) is 10.4. The Morgan fingerprint density at radius 1 is 0.889 bits per heavy atom. The van der Waals surface area contributed by atoms with E-state index in [1.807, 2.05) is 60.7 Å². The molecule has 0 unspecified atom stereocenters. The average molecular weight is 381 g/mol. The molecule has 0 aliphatic rings. The number of carbonyl (C=O) groups excluding carboxylic acids is 1. The lowest BCUT2D eigenvalue weighted by atomic mass is 10.0. The summed E-state index contributed by atoms with van der Waals surface area (Å²) in [6, 6.07) is 23.9. The molecule has 3 rings (SSSR count). The Kier molecular flexibility index (Phi) is 6.50. The number of methoxy groups -OCH3 is 1. The Hall–Kier alpha value is -2.78. The third-order valence-corrected chi connectivity index (χ3v) is 4.53. The van der Waals surface area contributed by atoms with Gasteiger partial charge in [-0.25, -0.2) is 0 Å². The largest absolute Gasteiger partial charge is 0.489 e. The van der Waals surface area contributed by atoms with Gasteiger partial charge in [-0.1, -0.05) is 54.1 Å². The van der Waals surface area contributed by atoms with Gasteiger partial charge in [0.25, 0.3) is 0 Å². The van der Waals surface area contributed by atoms with Crippen molar-refractivity contribution in [2.75, 3.05) is 7.11 Å². The van der Waals surface area contributed by atoms with Crippen molar-refractivity contribution in [2.45, 2.75) is 19.4 Å². The molecule has 0 radical (unpaired) electrons. The summed E-state index contributed by atoms with van der Waals surface area (Å²) in [6.07, 6.45) is 1.05. The van der Waals surface area contributed by atoms with Crippen LogP contribution in [-0.4, -0.2) is 13.1 Å². The lowest BCUT2D eigenvalue weighted by Crippen LogP contribution is -2.02. The van der Waals surface area contributed by atoms with Crippen molar-refractivity contribution < 1.29 is 14.3 Å². The van der Waals surface area contributed by atoms with Crippen molar-refractivity contribution >= 4 is 17.6 Å². The average Bonchev–Trinajstić information content (AvgIpc) is 2.72. The van der Waals surface area contributed by atoms with Gasteiger partial charge in [0.2, 0.25) is 0 Å². The molecule has 27 heavy (non-hydrogen) atoms. The number of carbonyl (C=O) groups is 1. The van der Waals surface area contributed by atoms with Crippen LogP contribution >= 0.6 is 11.6 Å². The number of aryl methyl sites for hydroxylation is 1. The van der Waals surface area contributed by atoms with Gasteiger partial charge in [-0.15, -0.1) is 0 Å². The fourth-order valence-electron chi connectivity index (χ4n) is 2.75. The van der Waals surface area contributed by atoms with E-state index in [9.17, 15) is 4.79 Å². The van der Waals surface area contributed by atoms with Gasteiger partial charge in [-0.2, -0.15) is 0 Å². The summed E-state index contributed by atoms with van der Waals surface area (Å²) in [6.45, 7) is 0.489. The zero-order valence-electron chi connectivity index (χ0n) is 15.2. The standard InChI is InChI=1S/C23H21ClO3/c1-26-23(25)14-7-17-5-12-22(13-6-17)27-16-18-3-2-4-20(15-18)19-8-10-21(24)11-9-19/h2-6,8-13,15H,7,14,16H2,1H3. The van der Waals surface area contributed by atoms with E-state index in [0.29, 0.717) is 19.4 Å². The lowest BCUT2D eigenvalue weighted by molar-refractivity contribution is -0.140. The van der Waals surface area contributed by atoms with Crippen molar-refractivity contribution in [3.63, 3.8) is 0 Å². The van der Waals surface area contributed by atoms with Gasteiger partial charge in [0.1, 0.15) is 12.4 Å². The van der Waals surface area contributed by atoms with Crippen molar-refractivity contribution in [1.29, 1.82) is 0 Å². The molecule has 0 bridgehead atoms. The molecule has 0 amide bonds. The number of esters is 1. The summed E-state index contributed by atoms with van der Waals surface area (Å²) in [5.74, 6) is 0.601. The molecule has 0 atom stereocenters. The van der Waals surface area contributed by atoms with Crippen molar-refractivity contribution in [2.24, 2.45) is 0 Å². The van der Waals surface area contributed by atoms with Gasteiger partial charge < -0.3 is 9.47 Å². The second kappa shape index (κ2) is 9.24. The molecule has 3 nitrogen and oxygen atoms in total. The van der Waals surface area contributed by atoms with Gasteiger partial charge in [0, 0.05) is 11.4 Å². The first kappa shape index (κ1) is 19.0. The van der Waals surface area contributed by atoms with Gasteiger partial charge in [0.15, 0.2) is 0 Å². The highest BCUT2D eigenvalue weighted by atomic mass is 35.5. The van der Waals surface area contributed by atoms with E-state index in [0.717, 1.165) is 33.0 Å². The minimum atomic E-state index is -0.198. The number of halogens is 1. The number of ether oxygens (including phenoxy) is 2. The second-order valence-corrected chi connectivity index (χ2v) is 6.65. The molecule has 138 valence electrons. The van der Waals surface area contributed by atoms with E-state index in [4.69, 9.17) is 16.3 Å². The highest BCUT2D eigenvalue weighted by molar-refractivity contribution is 6.30. The Morgan fingerprint density at radius 2 is 1.63 bits per heavy atom. The zero-order valence-corrected chi connectivity index (χ0v) is 15.9. The summed E-state index contributed by atoms with van der Waals surface area (Å²) in [5, 5.41) is 0.730. The van der Waals surface area contributed by atoms with Gasteiger partial charge in [-0.3, -0.25) is 4.79 Å². The van der Waals surface area contributed by atoms with Gasteiger partial charge in [-0.05, 0) is 59.0 Å². The molecular weight excluding hydrogens is 360 g/mol. The molecule has 0 spiro atoms. The molecule has 0 saturated heterocycles. The van der Waals surface area contributed by atoms with Crippen LogP contribution in [0.15, 0.2) is 72.8 Å². The topological polar surface area (TPSA) is 35.5 Å². The van der Waals surface area contributed by atoms with E-state index < -0.39 is 0 Å². The van der Waals surface area contributed by atoms with E-state index in [1.165, 1.54) is 7.11 Å². The van der Waals surface area contributed by atoms with E-state index in [1.54, 1.807) is 0 Å². The van der Waals surface area contributed by atoms with Gasteiger partial charge >= 0.3 is 5.97 Å². The Morgan fingerprint density at radius 3 is 2.33 bits per heavy atom. The molecule has 3 aromatic carbocycles. The first-order chi connectivity index (χ1) is 13.1.